The lowest BCUT2D eigenvalue weighted by atomic mass is 10.00. The van der Waals surface area contributed by atoms with Gasteiger partial charge in [0.05, 0.1) is 6.04 Å². The lowest BCUT2D eigenvalue weighted by molar-refractivity contribution is -0.135. The summed E-state index contributed by atoms with van der Waals surface area (Å²) in [6, 6.07) is 14.7. The average molecular weight is 526 g/mol. The number of benzene rings is 2. The normalized spacial score (nSPS) is 14.8. The Hall–Kier alpha value is -3.03. The van der Waals surface area contributed by atoms with Crippen molar-refractivity contribution in [3.05, 3.63) is 80.5 Å². The van der Waals surface area contributed by atoms with Crippen molar-refractivity contribution in [2.24, 2.45) is 0 Å². The van der Waals surface area contributed by atoms with Crippen molar-refractivity contribution in [2.75, 3.05) is 31.6 Å². The molecule has 8 heteroatoms. The molecule has 0 saturated heterocycles. The Balaban J connectivity index is 1.49. The van der Waals surface area contributed by atoms with Crippen LogP contribution in [0.1, 0.15) is 41.0 Å². The molecule has 0 bridgehead atoms. The van der Waals surface area contributed by atoms with E-state index in [-0.39, 0.29) is 24.5 Å². The zero-order chi connectivity index (χ0) is 25.7. The van der Waals surface area contributed by atoms with Gasteiger partial charge < -0.3 is 19.9 Å². The largest absolute Gasteiger partial charge is 0.491 e. The topological polar surface area (TPSA) is 61.9 Å². The first-order valence-electron chi connectivity index (χ1n) is 12.2. The number of nitrogens with one attached hydrogen (secondary N) is 1. The maximum Gasteiger partial charge on any atom is 0.322 e. The lowest BCUT2D eigenvalue weighted by Crippen LogP contribution is -2.48. The van der Waals surface area contributed by atoms with Crippen LogP contribution in [-0.2, 0) is 11.2 Å². The van der Waals surface area contributed by atoms with Crippen LogP contribution in [0, 0.1) is 13.8 Å². The Morgan fingerprint density at radius 3 is 2.78 bits per heavy atom. The molecule has 3 amide bonds. The number of carbonyl (C=O) groups is 2. The van der Waals surface area contributed by atoms with Crippen LogP contribution in [0.4, 0.5) is 10.5 Å². The van der Waals surface area contributed by atoms with Crippen LogP contribution >= 0.6 is 22.9 Å². The molecule has 1 aliphatic rings. The molecular formula is C28H32ClN3O3S. The first kappa shape index (κ1) is 26.0. The molecule has 0 spiro atoms. The quantitative estimate of drug-likeness (QED) is 0.367. The van der Waals surface area contributed by atoms with Gasteiger partial charge in [-0.15, -0.1) is 11.3 Å². The van der Waals surface area contributed by atoms with E-state index in [1.165, 1.54) is 10.4 Å². The molecule has 36 heavy (non-hydrogen) atoms. The minimum Gasteiger partial charge on any atom is -0.491 e. The van der Waals surface area contributed by atoms with Gasteiger partial charge in [-0.25, -0.2) is 4.79 Å². The number of ether oxygens (including phenoxy) is 1. The molecule has 2 heterocycles. The summed E-state index contributed by atoms with van der Waals surface area (Å²) in [6.45, 7) is 7.51. The van der Waals surface area contributed by atoms with Crippen molar-refractivity contribution in [2.45, 2.75) is 39.7 Å². The number of thiophene rings is 1. The maximum absolute atomic E-state index is 13.6. The lowest BCUT2D eigenvalue weighted by Gasteiger charge is -2.37. The zero-order valence-electron chi connectivity index (χ0n) is 20.9. The Morgan fingerprint density at radius 2 is 2.03 bits per heavy atom. The SMILES string of the molecule is CCCN(CC(=O)N1CCc2sccc2[C@H]1COc1ccc(C)cc1C)C(=O)Nc1cccc(Cl)c1. The van der Waals surface area contributed by atoms with E-state index in [9.17, 15) is 9.59 Å². The van der Waals surface area contributed by atoms with Gasteiger partial charge in [-0.05, 0) is 73.5 Å². The molecule has 1 N–H and O–H groups in total. The molecule has 0 radical (unpaired) electrons. The van der Waals surface area contributed by atoms with Crippen molar-refractivity contribution in [3.63, 3.8) is 0 Å². The predicted octanol–water partition coefficient (Wildman–Crippen LogP) is 6.47. The highest BCUT2D eigenvalue weighted by molar-refractivity contribution is 7.10. The van der Waals surface area contributed by atoms with Crippen LogP contribution in [-0.4, -0.2) is 48.0 Å². The molecule has 0 fully saturated rings. The third kappa shape index (κ3) is 6.20. The molecule has 3 aromatic rings. The van der Waals surface area contributed by atoms with E-state index >= 15 is 0 Å². The summed E-state index contributed by atoms with van der Waals surface area (Å²) in [5, 5.41) is 5.48. The molecule has 0 aliphatic carbocycles. The van der Waals surface area contributed by atoms with Crippen molar-refractivity contribution < 1.29 is 14.3 Å². The number of aryl methyl sites for hydroxylation is 2. The minimum atomic E-state index is -0.316. The summed E-state index contributed by atoms with van der Waals surface area (Å²) in [7, 11) is 0. The molecule has 6 nitrogen and oxygen atoms in total. The number of carbonyl (C=O) groups excluding carboxylic acids is 2. The molecule has 0 saturated carbocycles. The monoisotopic (exact) mass is 525 g/mol. The van der Waals surface area contributed by atoms with Crippen molar-refractivity contribution in [1.29, 1.82) is 0 Å². The number of nitrogens with zero attached hydrogens (tertiary/aromatic N) is 2. The zero-order valence-corrected chi connectivity index (χ0v) is 22.5. The van der Waals surface area contributed by atoms with E-state index in [2.05, 4.69) is 29.8 Å². The van der Waals surface area contributed by atoms with Gasteiger partial charge >= 0.3 is 6.03 Å². The number of urea groups is 1. The van der Waals surface area contributed by atoms with Crippen molar-refractivity contribution in [1.82, 2.24) is 9.80 Å². The second-order valence-corrected chi connectivity index (χ2v) is 10.5. The minimum absolute atomic E-state index is 0.000229. The second kappa shape index (κ2) is 11.8. The van der Waals surface area contributed by atoms with Gasteiger partial charge in [-0.3, -0.25) is 4.79 Å². The fraction of sp³-hybridized carbons (Fsp3) is 0.357. The Labute approximate surface area is 221 Å². The van der Waals surface area contributed by atoms with Gasteiger partial charge in [0.2, 0.25) is 5.91 Å². The number of hydrogen-bond acceptors (Lipinski definition) is 4. The highest BCUT2D eigenvalue weighted by Gasteiger charge is 2.33. The van der Waals surface area contributed by atoms with Gasteiger partial charge in [0.25, 0.3) is 0 Å². The van der Waals surface area contributed by atoms with Gasteiger partial charge in [0.1, 0.15) is 18.9 Å². The van der Waals surface area contributed by atoms with Crippen LogP contribution < -0.4 is 10.1 Å². The summed E-state index contributed by atoms with van der Waals surface area (Å²) in [5.74, 6) is 0.736. The van der Waals surface area contributed by atoms with Crippen LogP contribution in [0.5, 0.6) is 5.75 Å². The van der Waals surface area contributed by atoms with E-state index in [1.807, 2.05) is 30.9 Å². The summed E-state index contributed by atoms with van der Waals surface area (Å²) < 4.78 is 6.23. The average Bonchev–Trinajstić information content (AvgIpc) is 3.32. The van der Waals surface area contributed by atoms with Crippen LogP contribution in [0.2, 0.25) is 5.02 Å². The third-order valence-corrected chi connectivity index (χ3v) is 7.56. The summed E-state index contributed by atoms with van der Waals surface area (Å²) >= 11 is 7.78. The van der Waals surface area contributed by atoms with E-state index in [4.69, 9.17) is 16.3 Å². The number of amides is 3. The first-order chi connectivity index (χ1) is 17.4. The number of hydrogen-bond donors (Lipinski definition) is 1. The molecule has 2 aromatic carbocycles. The highest BCUT2D eigenvalue weighted by Crippen LogP contribution is 2.34. The van der Waals surface area contributed by atoms with E-state index in [0.29, 0.717) is 30.4 Å². The number of rotatable bonds is 8. The summed E-state index contributed by atoms with van der Waals surface area (Å²) in [4.78, 5) is 31.3. The number of anilines is 1. The van der Waals surface area contributed by atoms with Crippen LogP contribution in [0.3, 0.4) is 0 Å². The number of fused-ring (bicyclic) bond motifs is 1. The van der Waals surface area contributed by atoms with Crippen molar-refractivity contribution in [3.8, 4) is 5.75 Å². The van der Waals surface area contributed by atoms with E-state index in [0.717, 1.165) is 29.7 Å². The highest BCUT2D eigenvalue weighted by atomic mass is 35.5. The summed E-state index contributed by atoms with van der Waals surface area (Å²) in [5.41, 5.74) is 3.99. The molecular weight excluding hydrogens is 494 g/mol. The van der Waals surface area contributed by atoms with E-state index < -0.39 is 0 Å². The van der Waals surface area contributed by atoms with Gasteiger partial charge in [-0.1, -0.05) is 42.3 Å². The van der Waals surface area contributed by atoms with Gasteiger partial charge in [-0.2, -0.15) is 0 Å². The summed E-state index contributed by atoms with van der Waals surface area (Å²) in [6.07, 6.45) is 1.55. The number of halogens is 1. The smallest absolute Gasteiger partial charge is 0.322 e. The van der Waals surface area contributed by atoms with Crippen LogP contribution in [0.25, 0.3) is 0 Å². The second-order valence-electron chi connectivity index (χ2n) is 9.09. The third-order valence-electron chi connectivity index (χ3n) is 6.33. The Bertz CT molecular complexity index is 1230. The van der Waals surface area contributed by atoms with E-state index in [1.54, 1.807) is 40.5 Å². The fourth-order valence-corrected chi connectivity index (χ4v) is 5.67. The molecule has 4 rings (SSSR count). The fourth-order valence-electron chi connectivity index (χ4n) is 4.55. The maximum atomic E-state index is 13.6. The predicted molar refractivity (Wildman–Crippen MR) is 146 cm³/mol. The molecule has 1 aliphatic heterocycles. The molecule has 1 aromatic heterocycles. The van der Waals surface area contributed by atoms with Crippen molar-refractivity contribution >= 4 is 40.6 Å². The molecule has 1 atom stereocenters. The Morgan fingerprint density at radius 1 is 1.19 bits per heavy atom. The Kier molecular flexibility index (Phi) is 8.54. The standard InChI is InChI=1S/C28H32ClN3O3S/c1-4-12-31(28(34)30-22-7-5-6-21(29)16-22)17-27(33)32-13-10-26-23(11-14-36-26)24(32)18-35-25-9-8-19(2)15-20(25)3/h5-9,11,14-16,24H,4,10,12-13,17-18H2,1-3H3,(H,30,34)/t24-/m1/s1. The van der Waals surface area contributed by atoms with Gasteiger partial charge in [0, 0.05) is 28.7 Å². The molecule has 0 unspecified atom stereocenters. The first-order valence-corrected chi connectivity index (χ1v) is 13.5. The van der Waals surface area contributed by atoms with Crippen LogP contribution in [0.15, 0.2) is 53.9 Å². The molecule has 190 valence electrons. The van der Waals surface area contributed by atoms with Gasteiger partial charge in [0.15, 0.2) is 0 Å².